The Morgan fingerprint density at radius 1 is 1.25 bits per heavy atom. The van der Waals surface area contributed by atoms with Gasteiger partial charge in [-0.1, -0.05) is 18.2 Å². The van der Waals surface area contributed by atoms with E-state index in [0.29, 0.717) is 6.04 Å². The fourth-order valence-corrected chi connectivity index (χ4v) is 3.20. The summed E-state index contributed by atoms with van der Waals surface area (Å²) in [6, 6.07) is 10.3. The maximum Gasteiger partial charge on any atom is 0.0414 e. The summed E-state index contributed by atoms with van der Waals surface area (Å²) in [5, 5.41) is 3.64. The molecular weight excluding hydrogens is 246 g/mol. The van der Waals surface area contributed by atoms with Crippen molar-refractivity contribution in [2.75, 3.05) is 32.1 Å². The zero-order valence-electron chi connectivity index (χ0n) is 12.8. The van der Waals surface area contributed by atoms with Gasteiger partial charge < -0.3 is 15.1 Å². The Bertz CT molecular complexity index is 442. The summed E-state index contributed by atoms with van der Waals surface area (Å²) in [4.78, 5) is 4.95. The van der Waals surface area contributed by atoms with Gasteiger partial charge in [0.05, 0.1) is 0 Å². The van der Waals surface area contributed by atoms with Gasteiger partial charge in [0.2, 0.25) is 0 Å². The third-order valence-electron chi connectivity index (χ3n) is 4.68. The summed E-state index contributed by atoms with van der Waals surface area (Å²) >= 11 is 0. The normalized spacial score (nSPS) is 23.8. The van der Waals surface area contributed by atoms with Crippen LogP contribution in [0.2, 0.25) is 0 Å². The number of para-hydroxylation sites is 1. The smallest absolute Gasteiger partial charge is 0.0414 e. The molecule has 2 aliphatic rings. The van der Waals surface area contributed by atoms with Crippen molar-refractivity contribution in [2.45, 2.75) is 44.3 Å². The molecule has 3 heteroatoms. The van der Waals surface area contributed by atoms with E-state index in [1.807, 2.05) is 0 Å². The summed E-state index contributed by atoms with van der Waals surface area (Å²) in [6.45, 7) is 3.43. The highest BCUT2D eigenvalue weighted by Crippen LogP contribution is 2.26. The fraction of sp³-hybridized carbons (Fsp3) is 0.647. The molecule has 1 aromatic carbocycles. The molecule has 0 spiro atoms. The van der Waals surface area contributed by atoms with Gasteiger partial charge in [0, 0.05) is 37.9 Å². The van der Waals surface area contributed by atoms with Gasteiger partial charge in [-0.3, -0.25) is 0 Å². The quantitative estimate of drug-likeness (QED) is 0.889. The van der Waals surface area contributed by atoms with Crippen LogP contribution in [0.1, 0.15) is 31.2 Å². The highest BCUT2D eigenvalue weighted by Gasteiger charge is 2.24. The molecule has 0 radical (unpaired) electrons. The van der Waals surface area contributed by atoms with Crippen LogP contribution >= 0.6 is 0 Å². The Morgan fingerprint density at radius 2 is 2.05 bits per heavy atom. The first-order valence-electron chi connectivity index (χ1n) is 7.96. The van der Waals surface area contributed by atoms with Crippen LogP contribution in [0.15, 0.2) is 24.3 Å². The van der Waals surface area contributed by atoms with E-state index in [1.165, 1.54) is 50.0 Å². The average molecular weight is 273 g/mol. The molecule has 1 saturated heterocycles. The third-order valence-corrected chi connectivity index (χ3v) is 4.68. The maximum absolute atomic E-state index is 3.64. The zero-order chi connectivity index (χ0) is 13.9. The lowest BCUT2D eigenvalue weighted by Crippen LogP contribution is -2.45. The molecule has 110 valence electrons. The Kier molecular flexibility index (Phi) is 4.27. The van der Waals surface area contributed by atoms with Gasteiger partial charge in [0.15, 0.2) is 0 Å². The molecule has 1 saturated carbocycles. The van der Waals surface area contributed by atoms with Crippen LogP contribution in [0.25, 0.3) is 0 Å². The number of rotatable bonds is 5. The molecule has 1 aromatic rings. The maximum atomic E-state index is 3.64. The van der Waals surface area contributed by atoms with Crippen molar-refractivity contribution in [1.82, 2.24) is 10.2 Å². The number of likely N-dealkylation sites (N-methyl/N-ethyl adjacent to an activating group) is 2. The number of likely N-dealkylation sites (tertiary alicyclic amines) is 1. The van der Waals surface area contributed by atoms with E-state index in [-0.39, 0.29) is 0 Å². The van der Waals surface area contributed by atoms with Crippen molar-refractivity contribution in [1.29, 1.82) is 0 Å². The molecule has 1 heterocycles. The SMILES string of the molecule is CN1CCCC(N(C)c2ccccc2CNC2CC2)C1. The van der Waals surface area contributed by atoms with E-state index in [9.17, 15) is 0 Å². The number of anilines is 1. The average Bonchev–Trinajstić information content (AvgIpc) is 3.29. The van der Waals surface area contributed by atoms with Crippen molar-refractivity contribution < 1.29 is 0 Å². The number of piperidine rings is 1. The van der Waals surface area contributed by atoms with Crippen LogP contribution in [0.4, 0.5) is 5.69 Å². The molecule has 20 heavy (non-hydrogen) atoms. The molecular formula is C17H27N3. The summed E-state index contributed by atoms with van der Waals surface area (Å²) in [5.74, 6) is 0. The summed E-state index contributed by atoms with van der Waals surface area (Å²) in [6.07, 6.45) is 5.33. The van der Waals surface area contributed by atoms with Crippen LogP contribution in [-0.2, 0) is 6.54 Å². The second-order valence-corrected chi connectivity index (χ2v) is 6.45. The molecule has 0 aromatic heterocycles. The third kappa shape index (κ3) is 3.33. The molecule has 3 rings (SSSR count). The molecule has 1 aliphatic heterocycles. The van der Waals surface area contributed by atoms with Gasteiger partial charge in [-0.2, -0.15) is 0 Å². The number of hydrogen-bond donors (Lipinski definition) is 1. The minimum absolute atomic E-state index is 0.649. The van der Waals surface area contributed by atoms with E-state index >= 15 is 0 Å². The number of benzene rings is 1. The lowest BCUT2D eigenvalue weighted by molar-refractivity contribution is 0.248. The van der Waals surface area contributed by atoms with Gasteiger partial charge in [0.25, 0.3) is 0 Å². The van der Waals surface area contributed by atoms with Gasteiger partial charge in [-0.25, -0.2) is 0 Å². The Balaban J connectivity index is 1.70. The molecule has 2 fully saturated rings. The topological polar surface area (TPSA) is 18.5 Å². The predicted octanol–water partition coefficient (Wildman–Crippen LogP) is 2.47. The van der Waals surface area contributed by atoms with Gasteiger partial charge in [0.1, 0.15) is 0 Å². The lowest BCUT2D eigenvalue weighted by Gasteiger charge is -2.38. The second-order valence-electron chi connectivity index (χ2n) is 6.45. The van der Waals surface area contributed by atoms with E-state index in [1.54, 1.807) is 0 Å². The molecule has 1 atom stereocenters. The van der Waals surface area contributed by atoms with E-state index in [2.05, 4.69) is 53.5 Å². The van der Waals surface area contributed by atoms with Crippen LogP contribution < -0.4 is 10.2 Å². The van der Waals surface area contributed by atoms with Crippen molar-refractivity contribution in [2.24, 2.45) is 0 Å². The van der Waals surface area contributed by atoms with Crippen LogP contribution in [-0.4, -0.2) is 44.2 Å². The van der Waals surface area contributed by atoms with E-state index in [0.717, 1.165) is 12.6 Å². The highest BCUT2D eigenvalue weighted by molar-refractivity contribution is 5.54. The van der Waals surface area contributed by atoms with Gasteiger partial charge >= 0.3 is 0 Å². The monoisotopic (exact) mass is 273 g/mol. The zero-order valence-corrected chi connectivity index (χ0v) is 12.8. The first kappa shape index (κ1) is 13.9. The first-order valence-corrected chi connectivity index (χ1v) is 7.96. The van der Waals surface area contributed by atoms with Gasteiger partial charge in [-0.05, 0) is 50.9 Å². The van der Waals surface area contributed by atoms with Gasteiger partial charge in [-0.15, -0.1) is 0 Å². The largest absolute Gasteiger partial charge is 0.370 e. The lowest BCUT2D eigenvalue weighted by atomic mass is 10.0. The molecule has 3 nitrogen and oxygen atoms in total. The fourth-order valence-electron chi connectivity index (χ4n) is 3.20. The Hall–Kier alpha value is -1.06. The Labute approximate surface area is 123 Å². The van der Waals surface area contributed by atoms with Crippen LogP contribution in [0, 0.1) is 0 Å². The molecule has 1 unspecified atom stereocenters. The second kappa shape index (κ2) is 6.15. The Morgan fingerprint density at radius 3 is 2.80 bits per heavy atom. The first-order chi connectivity index (χ1) is 9.74. The summed E-state index contributed by atoms with van der Waals surface area (Å²) in [5.41, 5.74) is 2.84. The highest BCUT2D eigenvalue weighted by atomic mass is 15.2. The minimum Gasteiger partial charge on any atom is -0.370 e. The molecule has 0 amide bonds. The number of nitrogens with one attached hydrogen (secondary N) is 1. The van der Waals surface area contributed by atoms with Crippen molar-refractivity contribution in [3.8, 4) is 0 Å². The number of nitrogens with zero attached hydrogens (tertiary/aromatic N) is 2. The van der Waals surface area contributed by atoms with Crippen molar-refractivity contribution in [3.63, 3.8) is 0 Å². The summed E-state index contributed by atoms with van der Waals surface area (Å²) in [7, 11) is 4.50. The van der Waals surface area contributed by atoms with Crippen molar-refractivity contribution >= 4 is 5.69 Å². The predicted molar refractivity (Wildman–Crippen MR) is 85.2 cm³/mol. The van der Waals surface area contributed by atoms with E-state index < -0.39 is 0 Å². The van der Waals surface area contributed by atoms with Crippen LogP contribution in [0.5, 0.6) is 0 Å². The summed E-state index contributed by atoms with van der Waals surface area (Å²) < 4.78 is 0. The van der Waals surface area contributed by atoms with Crippen molar-refractivity contribution in [3.05, 3.63) is 29.8 Å². The minimum atomic E-state index is 0.649. The van der Waals surface area contributed by atoms with E-state index in [4.69, 9.17) is 0 Å². The molecule has 1 aliphatic carbocycles. The molecule has 1 N–H and O–H groups in total. The molecule has 0 bridgehead atoms. The van der Waals surface area contributed by atoms with Crippen LogP contribution in [0.3, 0.4) is 0 Å². The standard InChI is InChI=1S/C17H27N3/c1-19-11-5-7-16(13-19)20(2)17-8-4-3-6-14(17)12-18-15-9-10-15/h3-4,6,8,15-16,18H,5,7,9-13H2,1-2H3. The number of hydrogen-bond acceptors (Lipinski definition) is 3.